The number of carboxylic acid groups (broad SMARTS) is 5. The smallest absolute Gasteiger partial charge is 0.327 e. The zero-order valence-electron chi connectivity index (χ0n) is 70.3. The van der Waals surface area contributed by atoms with Crippen LogP contribution in [0.15, 0.2) is 0 Å². The van der Waals surface area contributed by atoms with Gasteiger partial charge >= 0.3 is 29.8 Å². The van der Waals surface area contributed by atoms with Crippen molar-refractivity contribution in [3.63, 3.8) is 0 Å². The van der Waals surface area contributed by atoms with Crippen molar-refractivity contribution in [2.24, 2.45) is 29.2 Å². The number of carbonyl (C=O) groups excluding carboxylic acids is 16. The van der Waals surface area contributed by atoms with Gasteiger partial charge < -0.3 is 137 Å². The van der Waals surface area contributed by atoms with E-state index in [0.717, 1.165) is 25.7 Å². The number of aliphatic hydroxyl groups excluding tert-OH is 3. The molecule has 1 rings (SSSR count). The summed E-state index contributed by atoms with van der Waals surface area (Å²) in [6.07, 6.45) is -10.3. The SMILES string of the molecule is CC(C)C[C@H](NC(=O)[C@H](C)NC(=O)[C@H](CCCCN)NC(=O)[C@@H](NC(=O)CN)[C@@H](C)O)C(=O)N[C@H](C(=O)N[C@@H](CCC(=O)O)C(=O)N[C@H](C(=O)N[C@@H](C)C(=O)N1CCC[C@H]1C(=O)N[C@@H](CC(C)C)C(=O)N[C@H](C(=O)N[C@@H](CCC(=O)O)C(=O)N[C@@H](CCC(=O)O)C(=O)N[C@@H](C)C(=O)N[C@@H](CCC(=O)O)C(=O)N[C@@H](CS)C(=O)O)[C@@H](C)O)C(C)C)[C@@H](C)O. The molecule has 0 radical (unpaired) electrons. The van der Waals surface area contributed by atoms with Gasteiger partial charge in [-0.25, -0.2) is 4.79 Å². The minimum atomic E-state index is -2.01. The van der Waals surface area contributed by atoms with Gasteiger partial charge in [-0.3, -0.25) is 95.9 Å². The van der Waals surface area contributed by atoms with Gasteiger partial charge in [0.2, 0.25) is 94.5 Å². The van der Waals surface area contributed by atoms with E-state index in [4.69, 9.17) is 11.5 Å². The number of nitrogens with two attached hydrogens (primary N) is 2. The monoisotopic (exact) mass is 1760 g/mol. The Morgan fingerprint density at radius 1 is 0.352 bits per heavy atom. The van der Waals surface area contributed by atoms with Crippen molar-refractivity contribution in [2.75, 3.05) is 25.4 Å². The van der Waals surface area contributed by atoms with Crippen LogP contribution in [0.4, 0.5) is 0 Å². The Bertz CT molecular complexity index is 3660. The maximum Gasteiger partial charge on any atom is 0.327 e. The number of hydrogen-bond donors (Lipinski definition) is 26. The Morgan fingerprint density at radius 2 is 0.656 bits per heavy atom. The van der Waals surface area contributed by atoms with Gasteiger partial charge in [0.15, 0.2) is 0 Å². The first-order chi connectivity index (χ1) is 56.8. The number of carbonyl (C=O) groups is 21. The summed E-state index contributed by atoms with van der Waals surface area (Å²) in [7, 11) is 0. The summed E-state index contributed by atoms with van der Waals surface area (Å²) in [6, 6.07) is -26.2. The van der Waals surface area contributed by atoms with Gasteiger partial charge in [-0.2, -0.15) is 12.6 Å². The first-order valence-corrected chi connectivity index (χ1v) is 40.5. The molecule has 0 aromatic rings. The lowest BCUT2D eigenvalue weighted by atomic mass is 10.0. The molecule has 1 fully saturated rings. The third-order valence-electron chi connectivity index (χ3n) is 18.9. The molecule has 1 saturated heterocycles. The van der Waals surface area contributed by atoms with E-state index < -0.39 is 315 Å². The Kier molecular flexibility index (Phi) is 48.6. The van der Waals surface area contributed by atoms with E-state index >= 15 is 0 Å². The lowest BCUT2D eigenvalue weighted by Gasteiger charge is -2.31. The molecule has 47 nitrogen and oxygen atoms in total. The van der Waals surface area contributed by atoms with Gasteiger partial charge in [0, 0.05) is 38.0 Å². The maximum atomic E-state index is 14.3. The van der Waals surface area contributed by atoms with Crippen LogP contribution in [0.1, 0.15) is 179 Å². The minimum absolute atomic E-state index is 0.00727. The van der Waals surface area contributed by atoms with E-state index in [1.54, 1.807) is 27.7 Å². The fraction of sp³-hybridized carbons (Fsp3) is 0.716. The molecule has 19 atom stereocenters. The molecule has 0 unspecified atom stereocenters. The standard InChI is InChI=1S/C74H124N18O29S/c1-32(2)28-46(85-60(106)36(8)77-61(107)41(16-13-14-26-75)82-70(116)56(38(10)93)88-50(96)30-76)66(112)90-58(40(12)95)72(118)84-45(21-25-54(103)104)65(111)89-55(34(5)6)69(115)79-37(9)73(119)92-27-15-17-49(92)68(114)86-47(29-33(3)4)67(113)91-57(39(11)94)71(117)83-44(20-24-53(101)102)63(109)81-42(18-22-51(97)98)62(108)78-35(7)59(105)80-43(19-23-52(99)100)64(110)87-48(31-122)74(120)121/h32-49,55-58,93-95,122H,13-31,75-76H2,1-12H3,(H,77,107)(H,78,108)(H,79,115)(H,80,105)(H,81,109)(H,82,116)(H,83,117)(H,84,118)(H,85,106)(H,86,114)(H,87,110)(H,88,96)(H,89,111)(H,90,112)(H,91,113)(H,97,98)(H,99,100)(H,101,102)(H,103,104)(H,120,121)/t35-,36-,37-,38+,39+,40+,41-,42-,43-,44-,45-,46-,47-,48-,49-,55-,56-,57-,58-/m0/s1. The molecule has 0 saturated carbocycles. The average Bonchev–Trinajstić information content (AvgIpc) is 1.64. The number of nitrogens with zero attached hydrogens (tertiary/aromatic N) is 1. The van der Waals surface area contributed by atoms with Crippen molar-refractivity contribution in [3.05, 3.63) is 0 Å². The molecule has 0 bridgehead atoms. The Morgan fingerprint density at radius 3 is 1.00 bits per heavy atom. The van der Waals surface area contributed by atoms with Crippen molar-refractivity contribution in [1.82, 2.24) is 84.7 Å². The van der Waals surface area contributed by atoms with Crippen LogP contribution >= 0.6 is 12.6 Å². The molecule has 1 aliphatic rings. The number of likely N-dealkylation sites (tertiary alicyclic amines) is 1. The van der Waals surface area contributed by atoms with Gasteiger partial charge in [-0.05, 0) is 136 Å². The molecule has 0 aromatic heterocycles. The van der Waals surface area contributed by atoms with E-state index in [2.05, 4.69) is 92.4 Å². The van der Waals surface area contributed by atoms with Gasteiger partial charge in [-0.1, -0.05) is 41.5 Å². The average molecular weight is 1760 g/mol. The third kappa shape index (κ3) is 39.3. The molecule has 122 heavy (non-hydrogen) atoms. The maximum absolute atomic E-state index is 14.3. The van der Waals surface area contributed by atoms with Crippen LogP contribution in [-0.2, 0) is 101 Å². The van der Waals surface area contributed by atoms with E-state index in [-0.39, 0.29) is 51.1 Å². The van der Waals surface area contributed by atoms with Crippen molar-refractivity contribution in [3.8, 4) is 0 Å². The van der Waals surface area contributed by atoms with Crippen LogP contribution in [0.3, 0.4) is 0 Å². The highest BCUT2D eigenvalue weighted by atomic mass is 32.1. The van der Waals surface area contributed by atoms with Crippen LogP contribution in [0.2, 0.25) is 0 Å². The molecule has 16 amide bonds. The second-order valence-corrected chi connectivity index (χ2v) is 31.2. The predicted octanol–water partition coefficient (Wildman–Crippen LogP) is -8.24. The van der Waals surface area contributed by atoms with Gasteiger partial charge in [-0.15, -0.1) is 0 Å². The second kappa shape index (κ2) is 54.4. The molecule has 0 aliphatic carbocycles. The van der Waals surface area contributed by atoms with Crippen molar-refractivity contribution in [1.29, 1.82) is 0 Å². The molecule has 1 aliphatic heterocycles. The Balaban J connectivity index is 3.46. The quantitative estimate of drug-likeness (QED) is 0.0199. The molecule has 0 aromatic carbocycles. The van der Waals surface area contributed by atoms with E-state index in [9.17, 15) is 142 Å². The lowest BCUT2D eigenvalue weighted by Crippen LogP contribution is -2.62. The first kappa shape index (κ1) is 109. The third-order valence-corrected chi connectivity index (χ3v) is 19.3. The van der Waals surface area contributed by atoms with Crippen molar-refractivity contribution < 1.29 is 142 Å². The Hall–Kier alpha value is -11.0. The molecule has 27 N–H and O–H groups in total. The zero-order chi connectivity index (χ0) is 93.4. The molecular formula is C74H124N18O29S. The molecule has 1 heterocycles. The number of carboxylic acids is 5. The zero-order valence-corrected chi connectivity index (χ0v) is 71.2. The fourth-order valence-electron chi connectivity index (χ4n) is 12.1. The van der Waals surface area contributed by atoms with Crippen molar-refractivity contribution >= 4 is 137 Å². The largest absolute Gasteiger partial charge is 0.481 e. The first-order valence-electron chi connectivity index (χ1n) is 39.8. The van der Waals surface area contributed by atoms with Gasteiger partial charge in [0.1, 0.15) is 96.7 Å². The van der Waals surface area contributed by atoms with E-state index in [1.807, 2.05) is 0 Å². The van der Waals surface area contributed by atoms with E-state index in [0.29, 0.717) is 12.8 Å². The molecular weight excluding hydrogens is 1640 g/mol. The topological polar surface area (TPSA) is 756 Å². The minimum Gasteiger partial charge on any atom is -0.481 e. The summed E-state index contributed by atoms with van der Waals surface area (Å²) in [5.41, 5.74) is 11.0. The van der Waals surface area contributed by atoms with Crippen molar-refractivity contribution in [2.45, 2.75) is 294 Å². The van der Waals surface area contributed by atoms with Crippen LogP contribution in [0.5, 0.6) is 0 Å². The predicted molar refractivity (Wildman–Crippen MR) is 430 cm³/mol. The fourth-order valence-corrected chi connectivity index (χ4v) is 12.4. The van der Waals surface area contributed by atoms with Crippen LogP contribution in [0.25, 0.3) is 0 Å². The number of amides is 16. The summed E-state index contributed by atoms with van der Waals surface area (Å²) in [4.78, 5) is 280. The summed E-state index contributed by atoms with van der Waals surface area (Å²) in [5.74, 6) is -26.5. The van der Waals surface area contributed by atoms with Gasteiger partial charge in [0.05, 0.1) is 24.9 Å². The highest BCUT2D eigenvalue weighted by molar-refractivity contribution is 7.80. The van der Waals surface area contributed by atoms with Crippen LogP contribution < -0.4 is 91.2 Å². The van der Waals surface area contributed by atoms with Crippen LogP contribution in [-0.4, -0.2) is 310 Å². The summed E-state index contributed by atoms with van der Waals surface area (Å²) in [6.45, 7) is 16.1. The molecule has 0 spiro atoms. The van der Waals surface area contributed by atoms with Crippen LogP contribution in [0, 0.1) is 17.8 Å². The lowest BCUT2D eigenvalue weighted by molar-refractivity contribution is -0.142. The summed E-state index contributed by atoms with van der Waals surface area (Å²) in [5, 5.41) is 115. The Labute approximate surface area is 709 Å². The van der Waals surface area contributed by atoms with E-state index in [1.165, 1.54) is 34.6 Å². The number of aliphatic hydroxyl groups is 3. The highest BCUT2D eigenvalue weighted by Gasteiger charge is 2.43. The molecule has 48 heteroatoms. The second-order valence-electron chi connectivity index (χ2n) is 30.8. The number of hydrogen-bond acceptors (Lipinski definition) is 27. The number of nitrogens with one attached hydrogen (secondary N) is 15. The number of rotatable bonds is 57. The number of aliphatic carboxylic acids is 5. The van der Waals surface area contributed by atoms with Gasteiger partial charge in [0.25, 0.3) is 0 Å². The normalized spacial score (nSPS) is 16.9. The summed E-state index contributed by atoms with van der Waals surface area (Å²) < 4.78 is 0. The highest BCUT2D eigenvalue weighted by Crippen LogP contribution is 2.21. The number of thiol groups is 1. The molecule has 690 valence electrons. The summed E-state index contributed by atoms with van der Waals surface area (Å²) >= 11 is 3.85. The number of unbranched alkanes of at least 4 members (excludes halogenated alkanes) is 1.